The number of aryl methyl sites for hydroxylation is 1. The summed E-state index contributed by atoms with van der Waals surface area (Å²) in [5.41, 5.74) is 2.13. The summed E-state index contributed by atoms with van der Waals surface area (Å²) in [4.78, 5) is 28.5. The van der Waals surface area contributed by atoms with Crippen LogP contribution < -0.4 is 9.62 Å². The minimum atomic E-state index is -4.09. The van der Waals surface area contributed by atoms with Gasteiger partial charge in [0.2, 0.25) is 11.8 Å². The van der Waals surface area contributed by atoms with Crippen molar-refractivity contribution in [3.8, 4) is 0 Å². The Labute approximate surface area is 236 Å². The molecule has 3 rings (SSSR count). The Kier molecular flexibility index (Phi) is 10.5. The second kappa shape index (κ2) is 13.6. The van der Waals surface area contributed by atoms with Crippen LogP contribution in [0.3, 0.4) is 0 Å². The Balaban J connectivity index is 2.02. The van der Waals surface area contributed by atoms with Gasteiger partial charge < -0.3 is 10.2 Å². The number of nitrogens with zero attached hydrogens (tertiary/aromatic N) is 2. The van der Waals surface area contributed by atoms with Gasteiger partial charge in [0.05, 0.1) is 10.6 Å². The van der Waals surface area contributed by atoms with E-state index in [0.29, 0.717) is 10.7 Å². The Morgan fingerprint density at radius 1 is 0.897 bits per heavy atom. The Morgan fingerprint density at radius 3 is 2.15 bits per heavy atom. The van der Waals surface area contributed by atoms with E-state index < -0.39 is 28.5 Å². The van der Waals surface area contributed by atoms with Crippen molar-refractivity contribution in [3.63, 3.8) is 0 Å². The highest BCUT2D eigenvalue weighted by atomic mass is 35.5. The van der Waals surface area contributed by atoms with Gasteiger partial charge in [0.1, 0.15) is 12.6 Å². The normalized spacial score (nSPS) is 12.8. The number of nitrogens with one attached hydrogen (secondary N) is 1. The first-order valence-corrected chi connectivity index (χ1v) is 14.9. The molecule has 208 valence electrons. The number of benzene rings is 3. The van der Waals surface area contributed by atoms with E-state index in [9.17, 15) is 18.0 Å². The van der Waals surface area contributed by atoms with Crippen molar-refractivity contribution in [1.82, 2.24) is 10.2 Å². The van der Waals surface area contributed by atoms with Gasteiger partial charge in [0, 0.05) is 17.6 Å². The monoisotopic (exact) mass is 569 g/mol. The lowest BCUT2D eigenvalue weighted by Crippen LogP contribution is -2.52. The molecule has 0 aliphatic heterocycles. The maximum atomic E-state index is 13.9. The summed E-state index contributed by atoms with van der Waals surface area (Å²) < 4.78 is 28.7. The van der Waals surface area contributed by atoms with E-state index in [1.54, 1.807) is 55.5 Å². The molecule has 0 aliphatic carbocycles. The van der Waals surface area contributed by atoms with Crippen LogP contribution in [-0.4, -0.2) is 43.8 Å². The maximum absolute atomic E-state index is 13.9. The molecule has 0 saturated heterocycles. The van der Waals surface area contributed by atoms with Crippen LogP contribution in [0.5, 0.6) is 0 Å². The molecule has 3 aromatic carbocycles. The third-order valence-corrected chi connectivity index (χ3v) is 8.68. The van der Waals surface area contributed by atoms with Crippen LogP contribution >= 0.6 is 11.6 Å². The van der Waals surface area contributed by atoms with E-state index in [1.165, 1.54) is 17.0 Å². The number of hydrogen-bond acceptors (Lipinski definition) is 4. The van der Waals surface area contributed by atoms with Crippen molar-refractivity contribution in [2.45, 2.75) is 64.1 Å². The summed E-state index contributed by atoms with van der Waals surface area (Å²) in [5.74, 6) is -0.828. The van der Waals surface area contributed by atoms with E-state index in [2.05, 4.69) is 5.32 Å². The van der Waals surface area contributed by atoms with Crippen molar-refractivity contribution in [3.05, 3.63) is 95.0 Å². The summed E-state index contributed by atoms with van der Waals surface area (Å²) >= 11 is 6.18. The fourth-order valence-corrected chi connectivity index (χ4v) is 5.67. The second-order valence-electron chi connectivity index (χ2n) is 9.49. The number of carbonyl (C=O) groups is 2. The Hall–Kier alpha value is -3.36. The largest absolute Gasteiger partial charge is 0.352 e. The molecule has 1 N–H and O–H groups in total. The molecule has 0 fully saturated rings. The van der Waals surface area contributed by atoms with Crippen LogP contribution in [0.25, 0.3) is 0 Å². The van der Waals surface area contributed by atoms with Gasteiger partial charge in [-0.05, 0) is 74.2 Å². The molecule has 0 saturated carbocycles. The molecule has 0 heterocycles. The van der Waals surface area contributed by atoms with Gasteiger partial charge in [-0.2, -0.15) is 0 Å². The smallest absolute Gasteiger partial charge is 0.264 e. The summed E-state index contributed by atoms with van der Waals surface area (Å²) in [6, 6.07) is 21.2. The lowest BCUT2D eigenvalue weighted by atomic mass is 10.1. The first-order chi connectivity index (χ1) is 18.6. The minimum Gasteiger partial charge on any atom is -0.352 e. The van der Waals surface area contributed by atoms with E-state index in [-0.39, 0.29) is 23.4 Å². The molecule has 3 aromatic rings. The van der Waals surface area contributed by atoms with Crippen molar-refractivity contribution in [1.29, 1.82) is 0 Å². The Bertz CT molecular complexity index is 1360. The first-order valence-electron chi connectivity index (χ1n) is 13.1. The zero-order valence-electron chi connectivity index (χ0n) is 22.8. The number of sulfonamides is 1. The molecule has 0 spiro atoms. The summed E-state index contributed by atoms with van der Waals surface area (Å²) in [6.45, 7) is 7.11. The summed E-state index contributed by atoms with van der Waals surface area (Å²) in [5, 5.41) is 3.43. The average Bonchev–Trinajstić information content (AvgIpc) is 2.94. The molecule has 9 heteroatoms. The fraction of sp³-hybridized carbons (Fsp3) is 0.333. The molecule has 0 bridgehead atoms. The molecule has 0 aliphatic rings. The van der Waals surface area contributed by atoms with Gasteiger partial charge in [-0.25, -0.2) is 8.42 Å². The molecule has 2 amide bonds. The predicted octanol–water partition coefficient (Wildman–Crippen LogP) is 5.43. The lowest BCUT2D eigenvalue weighted by molar-refractivity contribution is -0.139. The van der Waals surface area contributed by atoms with Gasteiger partial charge in [-0.3, -0.25) is 13.9 Å². The quantitative estimate of drug-likeness (QED) is 0.315. The predicted molar refractivity (Wildman–Crippen MR) is 156 cm³/mol. The van der Waals surface area contributed by atoms with Crippen LogP contribution in [0.15, 0.2) is 83.8 Å². The zero-order valence-corrected chi connectivity index (χ0v) is 24.4. The number of carbonyl (C=O) groups excluding carboxylic acids is 2. The average molecular weight is 570 g/mol. The molecule has 0 radical (unpaired) electrons. The molecular formula is C30H36ClN3O4S. The van der Waals surface area contributed by atoms with Gasteiger partial charge in [0.25, 0.3) is 10.0 Å². The van der Waals surface area contributed by atoms with Crippen molar-refractivity contribution in [2.24, 2.45) is 0 Å². The van der Waals surface area contributed by atoms with Crippen LogP contribution in [0, 0.1) is 0 Å². The maximum Gasteiger partial charge on any atom is 0.264 e. The van der Waals surface area contributed by atoms with E-state index in [0.717, 1.165) is 28.3 Å². The van der Waals surface area contributed by atoms with Crippen LogP contribution in [0.1, 0.15) is 45.2 Å². The van der Waals surface area contributed by atoms with E-state index >= 15 is 0 Å². The standard InChI is InChI=1S/C30H36ClN3O4S/c1-5-22(3)32-30(36)23(4)33(20-25-11-10-12-26(31)19-25)29(35)21-34(27-17-15-24(6-2)16-18-27)39(37,38)28-13-8-7-9-14-28/h7-19,22-23H,5-6,20-21H2,1-4H3,(H,32,36)/t22-,23+/m1/s1. The summed E-state index contributed by atoms with van der Waals surface area (Å²) in [6.07, 6.45) is 1.53. The number of rotatable bonds is 12. The van der Waals surface area contributed by atoms with Gasteiger partial charge in [-0.15, -0.1) is 0 Å². The highest BCUT2D eigenvalue weighted by Gasteiger charge is 2.32. The molecular weight excluding hydrogens is 534 g/mol. The number of amides is 2. The topological polar surface area (TPSA) is 86.8 Å². The van der Waals surface area contributed by atoms with Gasteiger partial charge >= 0.3 is 0 Å². The lowest BCUT2D eigenvalue weighted by Gasteiger charge is -2.32. The SMILES string of the molecule is CCc1ccc(N(CC(=O)N(Cc2cccc(Cl)c2)[C@@H](C)C(=O)N[C@H](C)CC)S(=O)(=O)c2ccccc2)cc1. The van der Waals surface area contributed by atoms with Gasteiger partial charge in [0.15, 0.2) is 0 Å². The van der Waals surface area contributed by atoms with Crippen LogP contribution in [0.4, 0.5) is 5.69 Å². The first kappa shape index (κ1) is 30.2. The van der Waals surface area contributed by atoms with Crippen LogP contribution in [0.2, 0.25) is 5.02 Å². The van der Waals surface area contributed by atoms with Crippen molar-refractivity contribution < 1.29 is 18.0 Å². The molecule has 2 atom stereocenters. The molecule has 0 unspecified atom stereocenters. The number of halogens is 1. The second-order valence-corrected chi connectivity index (χ2v) is 11.8. The molecule has 0 aromatic heterocycles. The highest BCUT2D eigenvalue weighted by Crippen LogP contribution is 2.25. The number of anilines is 1. The third-order valence-electron chi connectivity index (χ3n) is 6.65. The highest BCUT2D eigenvalue weighted by molar-refractivity contribution is 7.92. The molecule has 39 heavy (non-hydrogen) atoms. The van der Waals surface area contributed by atoms with E-state index in [1.807, 2.05) is 39.0 Å². The van der Waals surface area contributed by atoms with E-state index in [4.69, 9.17) is 11.6 Å². The molecule has 7 nitrogen and oxygen atoms in total. The third kappa shape index (κ3) is 7.83. The minimum absolute atomic E-state index is 0.0707. The van der Waals surface area contributed by atoms with Crippen LogP contribution in [-0.2, 0) is 32.6 Å². The summed E-state index contributed by atoms with van der Waals surface area (Å²) in [7, 11) is -4.09. The number of hydrogen-bond donors (Lipinski definition) is 1. The van der Waals surface area contributed by atoms with Crippen molar-refractivity contribution in [2.75, 3.05) is 10.8 Å². The fourth-order valence-electron chi connectivity index (χ4n) is 4.03. The zero-order chi connectivity index (χ0) is 28.6. The van der Waals surface area contributed by atoms with Gasteiger partial charge in [-0.1, -0.05) is 67.9 Å². The Morgan fingerprint density at radius 2 is 1.56 bits per heavy atom. The van der Waals surface area contributed by atoms with Crippen molar-refractivity contribution >= 4 is 39.1 Å².